The lowest BCUT2D eigenvalue weighted by Crippen LogP contribution is -2.70. The normalized spacial score (nSPS) is 32.7. The minimum Gasteiger partial charge on any atom is -0.507 e. The number of aromatic hydroxyl groups is 1. The van der Waals surface area contributed by atoms with Crippen molar-refractivity contribution in [1.82, 2.24) is 0 Å². The summed E-state index contributed by atoms with van der Waals surface area (Å²) in [4.78, 5) is 40.5. The van der Waals surface area contributed by atoms with Crippen LogP contribution in [0.25, 0.3) is 5.76 Å². The van der Waals surface area contributed by atoms with Crippen LogP contribution >= 0.6 is 0 Å². The van der Waals surface area contributed by atoms with Crippen LogP contribution in [-0.2, 0) is 20.8 Å². The van der Waals surface area contributed by atoms with Gasteiger partial charge >= 0.3 is 0 Å². The van der Waals surface area contributed by atoms with Gasteiger partial charge in [0, 0.05) is 16.4 Å². The van der Waals surface area contributed by atoms with Crippen LogP contribution in [0, 0.1) is 22.7 Å². The van der Waals surface area contributed by atoms with Gasteiger partial charge in [0.25, 0.3) is 0 Å². The standard InChI is InChI=1S/C29H36O6/c1-13(2)17-9-10-19(31)21-18(17)11-27(7)12-28(8)22(14(3)4)15(5)20(16(6)30)25(33)29(28,35)26(34)23(27)24(21)32/h9-10,13-14,22,31-32,35H,11-12H2,1-8H3/t22-,27+,28+,29-/m1/s1. The van der Waals surface area contributed by atoms with Gasteiger partial charge in [-0.1, -0.05) is 53.2 Å². The molecule has 3 N–H and O–H groups in total. The largest absolute Gasteiger partial charge is 0.507 e. The average Bonchev–Trinajstić information content (AvgIpc) is 2.69. The predicted molar refractivity (Wildman–Crippen MR) is 133 cm³/mol. The second kappa shape index (κ2) is 7.63. The number of hydrogen-bond acceptors (Lipinski definition) is 6. The van der Waals surface area contributed by atoms with Crippen molar-refractivity contribution in [3.05, 3.63) is 45.5 Å². The van der Waals surface area contributed by atoms with Crippen molar-refractivity contribution in [1.29, 1.82) is 0 Å². The summed E-state index contributed by atoms with van der Waals surface area (Å²) in [6.45, 7) is 14.7. The molecule has 0 saturated heterocycles. The molecule has 3 aliphatic carbocycles. The maximum atomic E-state index is 14.2. The molecule has 3 aliphatic rings. The third-order valence-corrected chi connectivity index (χ3v) is 8.85. The molecule has 4 rings (SSSR count). The molecule has 0 unspecified atom stereocenters. The van der Waals surface area contributed by atoms with Crippen molar-refractivity contribution in [2.75, 3.05) is 0 Å². The van der Waals surface area contributed by atoms with Crippen molar-refractivity contribution < 1.29 is 29.7 Å². The number of carbonyl (C=O) groups is 3. The molecule has 1 aromatic carbocycles. The number of hydrogen-bond donors (Lipinski definition) is 3. The summed E-state index contributed by atoms with van der Waals surface area (Å²) >= 11 is 0. The first-order valence-electron chi connectivity index (χ1n) is 12.4. The van der Waals surface area contributed by atoms with Gasteiger partial charge in [0.2, 0.25) is 11.6 Å². The number of ketones is 3. The third-order valence-electron chi connectivity index (χ3n) is 8.85. The van der Waals surface area contributed by atoms with Crippen LogP contribution in [0.5, 0.6) is 5.75 Å². The van der Waals surface area contributed by atoms with Crippen molar-refractivity contribution in [3.63, 3.8) is 0 Å². The Bertz CT molecular complexity index is 1250. The Kier molecular flexibility index (Phi) is 5.53. The van der Waals surface area contributed by atoms with E-state index >= 15 is 0 Å². The Hall–Kier alpha value is -2.73. The topological polar surface area (TPSA) is 112 Å². The molecule has 0 amide bonds. The minimum absolute atomic E-state index is 0.0421. The second-order valence-electron chi connectivity index (χ2n) is 11.9. The fourth-order valence-corrected chi connectivity index (χ4v) is 7.81. The highest BCUT2D eigenvalue weighted by Crippen LogP contribution is 2.65. The molecule has 4 atom stereocenters. The number of Topliss-reactive ketones (excluding diaryl/α,β-unsaturated/α-hetero) is 3. The fraction of sp³-hybridized carbons (Fsp3) is 0.552. The zero-order valence-corrected chi connectivity index (χ0v) is 21.9. The Morgan fingerprint density at radius 3 is 2.17 bits per heavy atom. The van der Waals surface area contributed by atoms with Gasteiger partial charge in [-0.2, -0.15) is 0 Å². The summed E-state index contributed by atoms with van der Waals surface area (Å²) in [5, 5.41) is 34.2. The van der Waals surface area contributed by atoms with Crippen molar-refractivity contribution in [2.24, 2.45) is 22.7 Å². The second-order valence-corrected chi connectivity index (χ2v) is 11.9. The predicted octanol–water partition coefficient (Wildman–Crippen LogP) is 4.82. The molecule has 188 valence electrons. The van der Waals surface area contributed by atoms with Gasteiger partial charge in [0.15, 0.2) is 11.4 Å². The van der Waals surface area contributed by atoms with Gasteiger partial charge in [-0.3, -0.25) is 14.4 Å². The van der Waals surface area contributed by atoms with E-state index in [-0.39, 0.29) is 40.7 Å². The van der Waals surface area contributed by atoms with Gasteiger partial charge in [0.05, 0.1) is 11.1 Å². The number of rotatable bonds is 3. The number of phenolic OH excluding ortho intramolecular Hbond substituents is 1. The lowest BCUT2D eigenvalue weighted by Gasteiger charge is -2.60. The van der Waals surface area contributed by atoms with Crippen molar-refractivity contribution in [3.8, 4) is 5.75 Å². The zero-order valence-electron chi connectivity index (χ0n) is 21.9. The van der Waals surface area contributed by atoms with Crippen LogP contribution in [0.3, 0.4) is 0 Å². The van der Waals surface area contributed by atoms with Crippen LogP contribution in [-0.4, -0.2) is 38.3 Å². The molecule has 1 aromatic rings. The maximum Gasteiger partial charge on any atom is 0.206 e. The molecule has 35 heavy (non-hydrogen) atoms. The summed E-state index contributed by atoms with van der Waals surface area (Å²) in [5.41, 5.74) is -2.18. The number of fused-ring (bicyclic) bond motifs is 3. The van der Waals surface area contributed by atoms with Gasteiger partial charge < -0.3 is 15.3 Å². The average molecular weight is 481 g/mol. The van der Waals surface area contributed by atoms with E-state index in [9.17, 15) is 29.7 Å². The Morgan fingerprint density at radius 1 is 1.06 bits per heavy atom. The number of aliphatic hydroxyl groups excluding tert-OH is 1. The molecule has 0 heterocycles. The van der Waals surface area contributed by atoms with Gasteiger partial charge in [-0.15, -0.1) is 0 Å². The fourth-order valence-electron chi connectivity index (χ4n) is 7.81. The molecular formula is C29H36O6. The Labute approximate surface area is 206 Å². The number of carbonyl (C=O) groups excluding carboxylic acids is 3. The molecule has 1 fully saturated rings. The number of allylic oxidation sites excluding steroid dienone is 1. The smallest absolute Gasteiger partial charge is 0.206 e. The first-order chi connectivity index (χ1) is 16.0. The number of benzene rings is 1. The van der Waals surface area contributed by atoms with E-state index in [1.807, 2.05) is 40.7 Å². The van der Waals surface area contributed by atoms with E-state index in [0.717, 1.165) is 11.1 Å². The van der Waals surface area contributed by atoms with E-state index in [1.165, 1.54) is 13.0 Å². The summed E-state index contributed by atoms with van der Waals surface area (Å²) in [7, 11) is 0. The van der Waals surface area contributed by atoms with E-state index in [2.05, 4.69) is 0 Å². The molecule has 1 saturated carbocycles. The van der Waals surface area contributed by atoms with Crippen LogP contribution in [0.2, 0.25) is 0 Å². The number of aliphatic hydroxyl groups is 2. The molecule has 0 spiro atoms. The Morgan fingerprint density at radius 2 is 1.66 bits per heavy atom. The van der Waals surface area contributed by atoms with Crippen molar-refractivity contribution in [2.45, 2.75) is 79.8 Å². The lowest BCUT2D eigenvalue weighted by molar-refractivity contribution is -0.180. The first kappa shape index (κ1) is 25.4. The quantitative estimate of drug-likeness (QED) is 0.423. The van der Waals surface area contributed by atoms with E-state index in [4.69, 9.17) is 0 Å². The van der Waals surface area contributed by atoms with Gasteiger partial charge in [-0.25, -0.2) is 0 Å². The summed E-state index contributed by atoms with van der Waals surface area (Å²) in [6.07, 6.45) is 0.633. The maximum absolute atomic E-state index is 14.2. The van der Waals surface area contributed by atoms with Crippen LogP contribution in [0.1, 0.15) is 84.4 Å². The first-order valence-corrected chi connectivity index (χ1v) is 12.4. The molecule has 0 aliphatic heterocycles. The van der Waals surface area contributed by atoms with E-state index < -0.39 is 45.5 Å². The van der Waals surface area contributed by atoms with Gasteiger partial charge in [0.1, 0.15) is 11.5 Å². The SMILES string of the molecule is CC(=O)C1=C(C)[C@@H](C(C)C)[C@]2(C)C[C@]3(C)Cc4c(C(C)C)ccc(O)c4C(O)=C3C(=O)[C@]2(O)C1=O. The van der Waals surface area contributed by atoms with Crippen LogP contribution in [0.4, 0.5) is 0 Å². The zero-order chi connectivity index (χ0) is 26.4. The highest BCUT2D eigenvalue weighted by molar-refractivity contribution is 6.33. The third kappa shape index (κ3) is 3.01. The highest BCUT2D eigenvalue weighted by Gasteiger charge is 2.71. The molecule has 0 radical (unpaired) electrons. The van der Waals surface area contributed by atoms with Crippen LogP contribution < -0.4 is 0 Å². The number of phenols is 1. The van der Waals surface area contributed by atoms with Crippen LogP contribution in [0.15, 0.2) is 28.9 Å². The van der Waals surface area contributed by atoms with E-state index in [1.54, 1.807) is 13.8 Å². The molecule has 6 heteroatoms. The molecule has 6 nitrogen and oxygen atoms in total. The highest BCUT2D eigenvalue weighted by atomic mass is 16.3. The van der Waals surface area contributed by atoms with Gasteiger partial charge in [-0.05, 0) is 61.6 Å². The molecular weight excluding hydrogens is 444 g/mol. The van der Waals surface area contributed by atoms with E-state index in [0.29, 0.717) is 12.0 Å². The summed E-state index contributed by atoms with van der Waals surface area (Å²) < 4.78 is 0. The monoisotopic (exact) mass is 480 g/mol. The molecule has 0 bridgehead atoms. The molecule has 0 aromatic heterocycles. The lowest BCUT2D eigenvalue weighted by atomic mass is 9.42. The summed E-state index contributed by atoms with van der Waals surface area (Å²) in [6, 6.07) is 3.34. The summed E-state index contributed by atoms with van der Waals surface area (Å²) in [5.74, 6) is -3.12. The Balaban J connectivity index is 2.08. The minimum atomic E-state index is -2.49. The van der Waals surface area contributed by atoms with Crippen molar-refractivity contribution >= 4 is 23.1 Å².